The molecular weight excluding hydrogens is 262 g/mol. The van der Waals surface area contributed by atoms with E-state index in [0.717, 1.165) is 30.8 Å². The molecule has 4 nitrogen and oxygen atoms in total. The van der Waals surface area contributed by atoms with E-state index in [1.807, 2.05) is 40.8 Å². The van der Waals surface area contributed by atoms with Crippen LogP contribution in [-0.4, -0.2) is 22.2 Å². The Labute approximate surface area is 125 Å². The van der Waals surface area contributed by atoms with Crippen LogP contribution in [0.25, 0.3) is 0 Å². The fourth-order valence-corrected chi connectivity index (χ4v) is 3.00. The summed E-state index contributed by atoms with van der Waals surface area (Å²) in [5.41, 5.74) is 3.85. The van der Waals surface area contributed by atoms with Crippen molar-refractivity contribution < 1.29 is 4.79 Å². The average Bonchev–Trinajstić information content (AvgIpc) is 2.88. The quantitative estimate of drug-likeness (QED) is 0.847. The van der Waals surface area contributed by atoms with Gasteiger partial charge in [-0.15, -0.1) is 0 Å². The van der Waals surface area contributed by atoms with Gasteiger partial charge in [0.15, 0.2) is 5.69 Å². The Morgan fingerprint density at radius 1 is 1.29 bits per heavy atom. The maximum Gasteiger partial charge on any atom is 0.278 e. The van der Waals surface area contributed by atoms with Crippen molar-refractivity contribution in [2.45, 2.75) is 39.7 Å². The Bertz CT molecular complexity index is 672. The molecule has 1 aromatic heterocycles. The second-order valence-corrected chi connectivity index (χ2v) is 5.90. The summed E-state index contributed by atoms with van der Waals surface area (Å²) >= 11 is 0. The Morgan fingerprint density at radius 3 is 2.76 bits per heavy atom. The van der Waals surface area contributed by atoms with Crippen LogP contribution in [0.4, 0.5) is 5.69 Å². The summed E-state index contributed by atoms with van der Waals surface area (Å²) < 4.78 is 1.91. The van der Waals surface area contributed by atoms with Gasteiger partial charge in [-0.05, 0) is 51.3 Å². The first-order valence-electron chi connectivity index (χ1n) is 7.54. The molecule has 0 saturated carbocycles. The lowest BCUT2D eigenvalue weighted by atomic mass is 10.0. The molecule has 3 rings (SSSR count). The zero-order chi connectivity index (χ0) is 15.0. The number of carbonyl (C=O) groups excluding carboxylic acids is 1. The molecule has 1 aliphatic rings. The first-order valence-corrected chi connectivity index (χ1v) is 7.54. The summed E-state index contributed by atoms with van der Waals surface area (Å²) in [5, 5.41) is 4.48. The van der Waals surface area contributed by atoms with Gasteiger partial charge in [-0.1, -0.05) is 18.2 Å². The summed E-state index contributed by atoms with van der Waals surface area (Å²) in [6.45, 7) is 6.91. The molecule has 0 N–H and O–H groups in total. The summed E-state index contributed by atoms with van der Waals surface area (Å²) in [4.78, 5) is 14.7. The van der Waals surface area contributed by atoms with Crippen molar-refractivity contribution in [3.8, 4) is 0 Å². The first kappa shape index (κ1) is 13.9. The molecule has 1 aromatic carbocycles. The number of rotatable bonds is 2. The molecule has 0 radical (unpaired) electrons. The maximum atomic E-state index is 12.8. The summed E-state index contributed by atoms with van der Waals surface area (Å²) in [6, 6.07) is 10.3. The molecule has 0 bridgehead atoms. The summed E-state index contributed by atoms with van der Waals surface area (Å²) in [5.74, 6) is 0.00431. The Morgan fingerprint density at radius 2 is 2.05 bits per heavy atom. The average molecular weight is 283 g/mol. The molecule has 21 heavy (non-hydrogen) atoms. The molecule has 4 heteroatoms. The smallest absolute Gasteiger partial charge is 0.278 e. The summed E-state index contributed by atoms with van der Waals surface area (Å²) in [7, 11) is 0. The van der Waals surface area contributed by atoms with E-state index in [-0.39, 0.29) is 11.9 Å². The number of nitrogens with zero attached hydrogens (tertiary/aromatic N) is 3. The highest BCUT2D eigenvalue weighted by Crippen LogP contribution is 2.28. The van der Waals surface area contributed by atoms with Crippen LogP contribution in [0, 0.1) is 6.92 Å². The second-order valence-electron chi connectivity index (χ2n) is 5.90. The van der Waals surface area contributed by atoms with Crippen molar-refractivity contribution in [3.05, 3.63) is 47.3 Å². The molecule has 1 aliphatic heterocycles. The van der Waals surface area contributed by atoms with Crippen molar-refractivity contribution >= 4 is 11.6 Å². The van der Waals surface area contributed by atoms with Crippen LogP contribution in [0.15, 0.2) is 30.3 Å². The van der Waals surface area contributed by atoms with E-state index in [0.29, 0.717) is 5.69 Å². The van der Waals surface area contributed by atoms with Crippen molar-refractivity contribution in [3.63, 3.8) is 0 Å². The number of fused-ring (bicyclic) bond motifs is 1. The molecule has 0 saturated heterocycles. The molecule has 110 valence electrons. The van der Waals surface area contributed by atoms with E-state index < -0.39 is 0 Å². The van der Waals surface area contributed by atoms with Gasteiger partial charge in [0, 0.05) is 24.0 Å². The van der Waals surface area contributed by atoms with Gasteiger partial charge in [-0.25, -0.2) is 0 Å². The number of benzene rings is 1. The second kappa shape index (κ2) is 5.35. The molecule has 2 heterocycles. The molecule has 0 fully saturated rings. The number of anilines is 1. The third-order valence-electron chi connectivity index (χ3n) is 3.99. The van der Waals surface area contributed by atoms with Crippen LogP contribution in [0.3, 0.4) is 0 Å². The van der Waals surface area contributed by atoms with Crippen molar-refractivity contribution in [2.75, 3.05) is 11.4 Å². The molecule has 0 spiro atoms. The zero-order valence-electron chi connectivity index (χ0n) is 12.8. The highest BCUT2D eigenvalue weighted by atomic mass is 16.2. The van der Waals surface area contributed by atoms with Gasteiger partial charge in [0.1, 0.15) is 0 Å². The number of hydrogen-bond donors (Lipinski definition) is 0. The molecular formula is C17H21N3O. The third kappa shape index (κ3) is 2.46. The number of para-hydroxylation sites is 1. The minimum Gasteiger partial charge on any atom is -0.307 e. The van der Waals surface area contributed by atoms with E-state index in [2.05, 4.69) is 25.0 Å². The number of aromatic nitrogens is 2. The predicted molar refractivity (Wildman–Crippen MR) is 83.8 cm³/mol. The Hall–Kier alpha value is -2.10. The lowest BCUT2D eigenvalue weighted by molar-refractivity contribution is 0.0979. The van der Waals surface area contributed by atoms with E-state index in [1.54, 1.807) is 0 Å². The van der Waals surface area contributed by atoms with Gasteiger partial charge in [0.2, 0.25) is 0 Å². The maximum absolute atomic E-state index is 12.8. The van der Waals surface area contributed by atoms with Gasteiger partial charge in [-0.2, -0.15) is 5.10 Å². The number of hydrogen-bond acceptors (Lipinski definition) is 2. The van der Waals surface area contributed by atoms with Crippen molar-refractivity contribution in [1.82, 2.24) is 9.78 Å². The summed E-state index contributed by atoms with van der Waals surface area (Å²) in [6.07, 6.45) is 2.05. The van der Waals surface area contributed by atoms with Gasteiger partial charge >= 0.3 is 0 Å². The largest absolute Gasteiger partial charge is 0.307 e. The van der Waals surface area contributed by atoms with Crippen molar-refractivity contribution in [2.24, 2.45) is 0 Å². The van der Waals surface area contributed by atoms with Crippen LogP contribution in [0.5, 0.6) is 0 Å². The normalized spacial score (nSPS) is 14.4. The molecule has 1 amide bonds. The lowest BCUT2D eigenvalue weighted by Crippen LogP contribution is -2.35. The van der Waals surface area contributed by atoms with Gasteiger partial charge in [0.05, 0.1) is 0 Å². The number of carbonyl (C=O) groups is 1. The Kier molecular flexibility index (Phi) is 3.53. The predicted octanol–water partition coefficient (Wildman–Crippen LogP) is 3.37. The van der Waals surface area contributed by atoms with Gasteiger partial charge < -0.3 is 4.90 Å². The van der Waals surface area contributed by atoms with Crippen LogP contribution < -0.4 is 4.90 Å². The molecule has 2 aromatic rings. The highest BCUT2D eigenvalue weighted by molar-refractivity contribution is 6.05. The fraction of sp³-hybridized carbons (Fsp3) is 0.412. The molecule has 0 aliphatic carbocycles. The topological polar surface area (TPSA) is 38.1 Å². The first-order chi connectivity index (χ1) is 10.1. The lowest BCUT2D eigenvalue weighted by Gasteiger charge is -2.28. The van der Waals surface area contributed by atoms with E-state index in [1.165, 1.54) is 5.56 Å². The monoisotopic (exact) mass is 283 g/mol. The third-order valence-corrected chi connectivity index (χ3v) is 3.99. The van der Waals surface area contributed by atoms with Crippen LogP contribution in [-0.2, 0) is 6.42 Å². The Balaban J connectivity index is 1.95. The molecule has 0 atom stereocenters. The van der Waals surface area contributed by atoms with E-state index in [9.17, 15) is 4.79 Å². The standard InChI is InChI=1S/C17H21N3O/c1-12(2)20-13(3)11-15(18-20)17(21)19-10-6-8-14-7-4-5-9-16(14)19/h4-5,7,9,11-12H,6,8,10H2,1-3H3. The highest BCUT2D eigenvalue weighted by Gasteiger charge is 2.25. The van der Waals surface area contributed by atoms with E-state index >= 15 is 0 Å². The SMILES string of the molecule is Cc1cc(C(=O)N2CCCc3ccccc32)nn1C(C)C. The molecule has 0 unspecified atom stereocenters. The van der Waals surface area contributed by atoms with Crippen LogP contribution in [0.2, 0.25) is 0 Å². The number of aryl methyl sites for hydroxylation is 2. The van der Waals surface area contributed by atoms with Crippen LogP contribution >= 0.6 is 0 Å². The van der Waals surface area contributed by atoms with Crippen LogP contribution in [0.1, 0.15) is 48.1 Å². The van der Waals surface area contributed by atoms with Gasteiger partial charge in [-0.3, -0.25) is 9.48 Å². The minimum absolute atomic E-state index is 0.00431. The number of amides is 1. The fourth-order valence-electron chi connectivity index (χ4n) is 3.00. The minimum atomic E-state index is 0.00431. The van der Waals surface area contributed by atoms with E-state index in [4.69, 9.17) is 0 Å². The van der Waals surface area contributed by atoms with Gasteiger partial charge in [0.25, 0.3) is 5.91 Å². The van der Waals surface area contributed by atoms with Crippen molar-refractivity contribution in [1.29, 1.82) is 0 Å². The zero-order valence-corrected chi connectivity index (χ0v) is 12.8.